The van der Waals surface area contributed by atoms with E-state index < -0.39 is 5.97 Å². The summed E-state index contributed by atoms with van der Waals surface area (Å²) in [6.07, 6.45) is 0.979. The number of amides is 1. The standard InChI is InChI=1S/C20H38N4O6/c1-3-11-29-13-14-30-12-4-21-19(26)16-23-7-5-22(15-18(2)25)6-9-24(10-8-23)17-20(27)28/h3-17H2,1-2H3,(H,21,26)(H,27,28). The molecule has 2 N–H and O–H groups in total. The highest BCUT2D eigenvalue weighted by Gasteiger charge is 2.20. The van der Waals surface area contributed by atoms with Crippen LogP contribution in [0.2, 0.25) is 0 Å². The van der Waals surface area contributed by atoms with Crippen LogP contribution in [0, 0.1) is 0 Å². The minimum Gasteiger partial charge on any atom is -0.480 e. The van der Waals surface area contributed by atoms with Crippen molar-refractivity contribution < 1.29 is 29.0 Å². The van der Waals surface area contributed by atoms with Crippen molar-refractivity contribution in [2.24, 2.45) is 0 Å². The van der Waals surface area contributed by atoms with Crippen LogP contribution in [-0.2, 0) is 23.9 Å². The van der Waals surface area contributed by atoms with Gasteiger partial charge in [-0.25, -0.2) is 0 Å². The van der Waals surface area contributed by atoms with Gasteiger partial charge < -0.3 is 19.9 Å². The number of nitrogens with one attached hydrogen (secondary N) is 1. The molecule has 1 aliphatic rings. The van der Waals surface area contributed by atoms with Gasteiger partial charge in [-0.05, 0) is 13.3 Å². The molecule has 0 aromatic heterocycles. The summed E-state index contributed by atoms with van der Waals surface area (Å²) in [6, 6.07) is 0. The van der Waals surface area contributed by atoms with E-state index in [4.69, 9.17) is 14.6 Å². The molecule has 0 aromatic carbocycles. The Morgan fingerprint density at radius 1 is 0.800 bits per heavy atom. The lowest BCUT2D eigenvalue weighted by molar-refractivity contribution is -0.138. The monoisotopic (exact) mass is 430 g/mol. The number of ether oxygens (including phenoxy) is 2. The fourth-order valence-electron chi connectivity index (χ4n) is 3.15. The van der Waals surface area contributed by atoms with E-state index in [2.05, 4.69) is 12.2 Å². The van der Waals surface area contributed by atoms with Crippen LogP contribution in [0.5, 0.6) is 0 Å². The molecule has 1 amide bonds. The fraction of sp³-hybridized carbons (Fsp3) is 0.850. The molecule has 30 heavy (non-hydrogen) atoms. The second-order valence-corrected chi connectivity index (χ2v) is 7.50. The minimum atomic E-state index is -0.878. The van der Waals surface area contributed by atoms with Gasteiger partial charge in [0, 0.05) is 52.4 Å². The van der Waals surface area contributed by atoms with Crippen LogP contribution in [0.25, 0.3) is 0 Å². The Morgan fingerprint density at radius 2 is 1.30 bits per heavy atom. The molecule has 10 nitrogen and oxygen atoms in total. The number of rotatable bonds is 14. The summed E-state index contributed by atoms with van der Waals surface area (Å²) in [5, 5.41) is 12.0. The van der Waals surface area contributed by atoms with E-state index in [1.165, 1.54) is 0 Å². The molecule has 1 heterocycles. The summed E-state index contributed by atoms with van der Waals surface area (Å²) >= 11 is 0. The van der Waals surface area contributed by atoms with Crippen molar-refractivity contribution in [3.63, 3.8) is 0 Å². The molecule has 0 bridgehead atoms. The minimum absolute atomic E-state index is 0.0484. The first kappa shape index (κ1) is 26.4. The molecule has 1 aliphatic heterocycles. The first-order valence-corrected chi connectivity index (χ1v) is 10.7. The van der Waals surface area contributed by atoms with Crippen LogP contribution < -0.4 is 5.32 Å². The van der Waals surface area contributed by atoms with E-state index in [1.807, 2.05) is 14.7 Å². The highest BCUT2D eigenvalue weighted by atomic mass is 16.5. The van der Waals surface area contributed by atoms with Crippen molar-refractivity contribution in [2.75, 3.05) is 91.9 Å². The lowest BCUT2D eigenvalue weighted by Crippen LogP contribution is -2.43. The number of nitrogens with zero attached hydrogens (tertiary/aromatic N) is 3. The summed E-state index contributed by atoms with van der Waals surface area (Å²) in [6.45, 7) is 10.4. The topological polar surface area (TPSA) is 112 Å². The summed E-state index contributed by atoms with van der Waals surface area (Å²) < 4.78 is 10.7. The number of hydrogen-bond acceptors (Lipinski definition) is 8. The summed E-state index contributed by atoms with van der Waals surface area (Å²) in [5.74, 6) is -0.900. The number of carboxylic acid groups (broad SMARTS) is 1. The Bertz CT molecular complexity index is 492. The molecule has 174 valence electrons. The molecule has 0 spiro atoms. The van der Waals surface area contributed by atoms with Crippen molar-refractivity contribution in [3.05, 3.63) is 0 Å². The second kappa shape index (κ2) is 16.1. The molecule has 0 atom stereocenters. The smallest absolute Gasteiger partial charge is 0.317 e. The van der Waals surface area contributed by atoms with Crippen molar-refractivity contribution in [3.8, 4) is 0 Å². The molecule has 0 aromatic rings. The van der Waals surface area contributed by atoms with Gasteiger partial charge in [0.05, 0.1) is 39.5 Å². The van der Waals surface area contributed by atoms with Gasteiger partial charge in [0.2, 0.25) is 5.91 Å². The predicted octanol–water partition coefficient (Wildman–Crippen LogP) is -0.861. The maximum atomic E-state index is 12.3. The van der Waals surface area contributed by atoms with E-state index in [9.17, 15) is 14.4 Å². The Labute approximate surface area is 179 Å². The van der Waals surface area contributed by atoms with Crippen LogP contribution in [0.1, 0.15) is 20.3 Å². The lowest BCUT2D eigenvalue weighted by atomic mass is 10.3. The van der Waals surface area contributed by atoms with Gasteiger partial charge in [-0.2, -0.15) is 0 Å². The number of hydrogen-bond donors (Lipinski definition) is 2. The third-order valence-corrected chi connectivity index (χ3v) is 4.66. The Morgan fingerprint density at radius 3 is 1.80 bits per heavy atom. The molecular weight excluding hydrogens is 392 g/mol. The number of ketones is 1. The highest BCUT2D eigenvalue weighted by molar-refractivity contribution is 5.78. The van der Waals surface area contributed by atoms with E-state index in [1.54, 1.807) is 6.92 Å². The van der Waals surface area contributed by atoms with Crippen molar-refractivity contribution in [1.29, 1.82) is 0 Å². The summed E-state index contributed by atoms with van der Waals surface area (Å²) in [7, 11) is 0. The normalized spacial score (nSPS) is 17.1. The number of carboxylic acids is 1. The fourth-order valence-corrected chi connectivity index (χ4v) is 3.15. The molecule has 0 saturated carbocycles. The number of Topliss-reactive ketones (excluding diaryl/α,β-unsaturated/α-hetero) is 1. The van der Waals surface area contributed by atoms with E-state index >= 15 is 0 Å². The Hall–Kier alpha value is -1.59. The van der Waals surface area contributed by atoms with E-state index in [-0.39, 0.29) is 24.8 Å². The summed E-state index contributed by atoms with van der Waals surface area (Å²) in [5.41, 5.74) is 0. The first-order valence-electron chi connectivity index (χ1n) is 10.7. The van der Waals surface area contributed by atoms with E-state index in [0.717, 1.165) is 13.0 Å². The van der Waals surface area contributed by atoms with Gasteiger partial charge in [-0.15, -0.1) is 0 Å². The van der Waals surface area contributed by atoms with Gasteiger partial charge in [0.15, 0.2) is 0 Å². The first-order chi connectivity index (χ1) is 14.4. The zero-order valence-corrected chi connectivity index (χ0v) is 18.4. The van der Waals surface area contributed by atoms with Crippen molar-refractivity contribution in [1.82, 2.24) is 20.0 Å². The Balaban J connectivity index is 2.40. The van der Waals surface area contributed by atoms with Crippen LogP contribution in [-0.4, -0.2) is 129 Å². The van der Waals surface area contributed by atoms with Crippen LogP contribution in [0.15, 0.2) is 0 Å². The van der Waals surface area contributed by atoms with Gasteiger partial charge in [0.25, 0.3) is 0 Å². The maximum Gasteiger partial charge on any atom is 0.317 e. The predicted molar refractivity (Wildman–Crippen MR) is 113 cm³/mol. The molecule has 0 unspecified atom stereocenters. The zero-order chi connectivity index (χ0) is 22.2. The van der Waals surface area contributed by atoms with Gasteiger partial charge in [-0.3, -0.25) is 29.1 Å². The molecule has 1 fully saturated rings. The van der Waals surface area contributed by atoms with Crippen LogP contribution in [0.3, 0.4) is 0 Å². The number of carbonyl (C=O) groups is 3. The largest absolute Gasteiger partial charge is 0.480 e. The molecule has 0 radical (unpaired) electrons. The van der Waals surface area contributed by atoms with Gasteiger partial charge in [-0.1, -0.05) is 6.92 Å². The second-order valence-electron chi connectivity index (χ2n) is 7.50. The molecule has 1 rings (SSSR count). The van der Waals surface area contributed by atoms with Crippen molar-refractivity contribution >= 4 is 17.7 Å². The number of aliphatic carboxylic acids is 1. The van der Waals surface area contributed by atoms with Gasteiger partial charge in [0.1, 0.15) is 5.78 Å². The third-order valence-electron chi connectivity index (χ3n) is 4.66. The van der Waals surface area contributed by atoms with Gasteiger partial charge >= 0.3 is 5.97 Å². The average Bonchev–Trinajstić information content (AvgIpc) is 2.76. The van der Waals surface area contributed by atoms with Crippen LogP contribution in [0.4, 0.5) is 0 Å². The lowest BCUT2D eigenvalue weighted by Gasteiger charge is -2.24. The summed E-state index contributed by atoms with van der Waals surface area (Å²) in [4.78, 5) is 40.8. The van der Waals surface area contributed by atoms with E-state index in [0.29, 0.717) is 72.2 Å². The number of carbonyl (C=O) groups excluding carboxylic acids is 2. The zero-order valence-electron chi connectivity index (χ0n) is 18.4. The molecule has 1 saturated heterocycles. The molecule has 10 heteroatoms. The maximum absolute atomic E-state index is 12.3. The Kier molecular flexibility index (Phi) is 14.2. The quantitative estimate of drug-likeness (QED) is 0.340. The average molecular weight is 431 g/mol. The molecule has 0 aliphatic carbocycles. The highest BCUT2D eigenvalue weighted by Crippen LogP contribution is 2.01. The SMILES string of the molecule is CCCOCCOCCNC(=O)CN1CCN(CC(C)=O)CCN(CC(=O)O)CC1. The third kappa shape index (κ3) is 13.6. The molecular formula is C20H38N4O6. The van der Waals surface area contributed by atoms with Crippen LogP contribution >= 0.6 is 0 Å². The van der Waals surface area contributed by atoms with Crippen molar-refractivity contribution in [2.45, 2.75) is 20.3 Å².